The number of Topliss-reactive ketones (excluding diaryl/α,β-unsaturated/α-hetero) is 1. The number of hydrogen-bond donors (Lipinski definition) is 1. The van der Waals surface area contributed by atoms with Crippen LogP contribution in [-0.2, 0) is 14.3 Å². The zero-order valence-electron chi connectivity index (χ0n) is 15.4. The van der Waals surface area contributed by atoms with Crippen LogP contribution in [0.4, 0.5) is 5.69 Å². The minimum atomic E-state index is -0.911. The zero-order chi connectivity index (χ0) is 20.0. The summed E-state index contributed by atoms with van der Waals surface area (Å²) in [6, 6.07) is 2.76. The molecule has 0 aromatic heterocycles. The second-order valence-corrected chi connectivity index (χ2v) is 6.78. The maximum absolute atomic E-state index is 12.8. The molecule has 0 bridgehead atoms. The average molecular weight is 386 g/mol. The summed E-state index contributed by atoms with van der Waals surface area (Å²) in [4.78, 5) is 36.6. The first-order chi connectivity index (χ1) is 13.4. The number of dihydropyridines is 1. The normalized spacial score (nSPS) is 20.6. The summed E-state index contributed by atoms with van der Waals surface area (Å²) in [7, 11) is 1.24. The highest BCUT2D eigenvalue weighted by Crippen LogP contribution is 2.48. The van der Waals surface area contributed by atoms with Gasteiger partial charge in [-0.05, 0) is 25.8 Å². The highest BCUT2D eigenvalue weighted by Gasteiger charge is 2.42. The second kappa shape index (κ2) is 6.66. The Kier molecular flexibility index (Phi) is 4.29. The van der Waals surface area contributed by atoms with Crippen molar-refractivity contribution in [2.75, 3.05) is 13.9 Å². The van der Waals surface area contributed by atoms with Crippen molar-refractivity contribution >= 4 is 17.4 Å². The van der Waals surface area contributed by atoms with Gasteiger partial charge in [0.05, 0.1) is 29.6 Å². The summed E-state index contributed by atoms with van der Waals surface area (Å²) in [6.45, 7) is 1.65. The average Bonchev–Trinajstić information content (AvgIpc) is 3.13. The van der Waals surface area contributed by atoms with Gasteiger partial charge in [0.1, 0.15) is 0 Å². The van der Waals surface area contributed by atoms with Gasteiger partial charge in [0, 0.05) is 29.0 Å². The molecule has 0 amide bonds. The van der Waals surface area contributed by atoms with E-state index in [2.05, 4.69) is 5.32 Å². The Hall–Kier alpha value is -3.36. The Morgan fingerprint density at radius 3 is 2.68 bits per heavy atom. The van der Waals surface area contributed by atoms with Crippen LogP contribution in [0.3, 0.4) is 0 Å². The molecule has 2 aliphatic heterocycles. The van der Waals surface area contributed by atoms with E-state index in [1.54, 1.807) is 6.92 Å². The van der Waals surface area contributed by atoms with Gasteiger partial charge in [0.15, 0.2) is 17.3 Å². The molecule has 9 nitrogen and oxygen atoms in total. The fourth-order valence-electron chi connectivity index (χ4n) is 4.01. The molecule has 0 saturated heterocycles. The first-order valence-electron chi connectivity index (χ1n) is 8.82. The molecule has 0 saturated carbocycles. The van der Waals surface area contributed by atoms with E-state index in [1.807, 2.05) is 0 Å². The van der Waals surface area contributed by atoms with Crippen molar-refractivity contribution < 1.29 is 28.7 Å². The van der Waals surface area contributed by atoms with Crippen LogP contribution >= 0.6 is 0 Å². The van der Waals surface area contributed by atoms with E-state index in [0.717, 1.165) is 0 Å². The molecular formula is C19H18N2O7. The molecule has 0 radical (unpaired) electrons. The summed E-state index contributed by atoms with van der Waals surface area (Å²) in [5.41, 5.74) is 1.72. The molecule has 0 fully saturated rings. The van der Waals surface area contributed by atoms with Gasteiger partial charge >= 0.3 is 5.97 Å². The predicted molar refractivity (Wildman–Crippen MR) is 95.7 cm³/mol. The number of nitrogens with one attached hydrogen (secondary N) is 1. The third-order valence-electron chi connectivity index (χ3n) is 5.21. The molecule has 0 spiro atoms. The number of carbonyl (C=O) groups is 2. The Morgan fingerprint density at radius 2 is 2.00 bits per heavy atom. The number of rotatable bonds is 3. The van der Waals surface area contributed by atoms with E-state index in [0.29, 0.717) is 42.0 Å². The van der Waals surface area contributed by atoms with E-state index in [4.69, 9.17) is 14.2 Å². The van der Waals surface area contributed by atoms with Crippen LogP contribution in [-0.4, -0.2) is 30.6 Å². The number of nitrogens with zero attached hydrogens (tertiary/aromatic N) is 1. The Bertz CT molecular complexity index is 977. The highest BCUT2D eigenvalue weighted by atomic mass is 16.7. The first-order valence-corrected chi connectivity index (χ1v) is 8.82. The molecule has 4 rings (SSSR count). The number of ether oxygens (including phenoxy) is 3. The van der Waals surface area contributed by atoms with E-state index < -0.39 is 16.8 Å². The van der Waals surface area contributed by atoms with Crippen molar-refractivity contribution in [3.05, 3.63) is 50.4 Å². The number of hydrogen-bond acceptors (Lipinski definition) is 8. The van der Waals surface area contributed by atoms with Gasteiger partial charge in [-0.1, -0.05) is 0 Å². The van der Waals surface area contributed by atoms with Gasteiger partial charge in [-0.15, -0.1) is 0 Å². The summed E-state index contributed by atoms with van der Waals surface area (Å²) in [5, 5.41) is 14.9. The number of methoxy groups -OCH3 is 1. The summed E-state index contributed by atoms with van der Waals surface area (Å²) < 4.78 is 15.6. The smallest absolute Gasteiger partial charge is 0.336 e. The van der Waals surface area contributed by atoms with Crippen molar-refractivity contribution in [3.63, 3.8) is 0 Å². The minimum absolute atomic E-state index is 0.0479. The number of fused-ring (bicyclic) bond motifs is 1. The maximum Gasteiger partial charge on any atom is 0.336 e. The summed E-state index contributed by atoms with van der Waals surface area (Å²) in [5.74, 6) is -1.10. The third-order valence-corrected chi connectivity index (χ3v) is 5.21. The van der Waals surface area contributed by atoms with Crippen LogP contribution in [0.5, 0.6) is 11.5 Å². The fourth-order valence-corrected chi connectivity index (χ4v) is 4.01. The first kappa shape index (κ1) is 18.0. The number of allylic oxidation sites excluding steroid dienone is 3. The van der Waals surface area contributed by atoms with Gasteiger partial charge in [-0.3, -0.25) is 14.9 Å². The summed E-state index contributed by atoms with van der Waals surface area (Å²) in [6.07, 6.45) is 1.63. The monoisotopic (exact) mass is 386 g/mol. The molecule has 2 heterocycles. The Balaban J connectivity index is 1.99. The van der Waals surface area contributed by atoms with Crippen molar-refractivity contribution in [2.45, 2.75) is 32.1 Å². The molecule has 146 valence electrons. The number of nitro benzene ring substituents is 1. The zero-order valence-corrected chi connectivity index (χ0v) is 15.4. The van der Waals surface area contributed by atoms with Gasteiger partial charge < -0.3 is 19.5 Å². The highest BCUT2D eigenvalue weighted by molar-refractivity contribution is 6.04. The standard InChI is InChI=1S/C19H18N2O7/c1-9-16(19(23)26-2)17(18-11(20-9)4-3-5-13(18)22)10-6-14-15(28-8-27-14)7-12(10)21(24)25/h6-7,17,20H,3-5,8H2,1-2H3. The summed E-state index contributed by atoms with van der Waals surface area (Å²) >= 11 is 0. The molecular weight excluding hydrogens is 368 g/mol. The van der Waals surface area contributed by atoms with Gasteiger partial charge in [0.25, 0.3) is 5.69 Å². The Morgan fingerprint density at radius 1 is 1.29 bits per heavy atom. The topological polar surface area (TPSA) is 117 Å². The van der Waals surface area contributed by atoms with Crippen molar-refractivity contribution in [1.82, 2.24) is 5.32 Å². The van der Waals surface area contributed by atoms with Crippen LogP contribution in [0, 0.1) is 10.1 Å². The van der Waals surface area contributed by atoms with Gasteiger partial charge in [-0.25, -0.2) is 4.79 Å². The minimum Gasteiger partial charge on any atom is -0.466 e. The lowest BCUT2D eigenvalue weighted by atomic mass is 9.74. The molecule has 1 N–H and O–H groups in total. The molecule has 1 aliphatic carbocycles. The number of nitro groups is 1. The van der Waals surface area contributed by atoms with Crippen LogP contribution in [0.1, 0.15) is 37.7 Å². The molecule has 1 aromatic rings. The fraction of sp³-hybridized carbons (Fsp3) is 0.368. The van der Waals surface area contributed by atoms with Crippen LogP contribution in [0.2, 0.25) is 0 Å². The largest absolute Gasteiger partial charge is 0.466 e. The van der Waals surface area contributed by atoms with Gasteiger partial charge in [-0.2, -0.15) is 0 Å². The lowest BCUT2D eigenvalue weighted by Gasteiger charge is -2.33. The molecule has 28 heavy (non-hydrogen) atoms. The number of carbonyl (C=O) groups excluding carboxylic acids is 2. The van der Waals surface area contributed by atoms with E-state index in [9.17, 15) is 19.7 Å². The van der Waals surface area contributed by atoms with Crippen molar-refractivity contribution in [2.24, 2.45) is 0 Å². The Labute approximate surface area is 160 Å². The lowest BCUT2D eigenvalue weighted by Crippen LogP contribution is -2.34. The molecule has 1 unspecified atom stereocenters. The van der Waals surface area contributed by atoms with Gasteiger partial charge in [0.2, 0.25) is 6.79 Å². The number of benzene rings is 1. The SMILES string of the molecule is COC(=O)C1=C(C)NC2=C(C(=O)CCC2)C1c1cc2c(cc1[N+](=O)[O-])OCO2. The third kappa shape index (κ3) is 2.70. The van der Waals surface area contributed by atoms with E-state index >= 15 is 0 Å². The van der Waals surface area contributed by atoms with Crippen LogP contribution < -0.4 is 14.8 Å². The van der Waals surface area contributed by atoms with Crippen molar-refractivity contribution in [1.29, 1.82) is 0 Å². The number of esters is 1. The van der Waals surface area contributed by atoms with Crippen LogP contribution in [0.15, 0.2) is 34.7 Å². The molecule has 1 aromatic carbocycles. The maximum atomic E-state index is 12.8. The van der Waals surface area contributed by atoms with E-state index in [-0.39, 0.29) is 35.1 Å². The van der Waals surface area contributed by atoms with Crippen LogP contribution in [0.25, 0.3) is 0 Å². The quantitative estimate of drug-likeness (QED) is 0.478. The molecule has 9 heteroatoms. The molecule has 1 atom stereocenters. The predicted octanol–water partition coefficient (Wildman–Crippen LogP) is 2.46. The molecule has 3 aliphatic rings. The van der Waals surface area contributed by atoms with Crippen molar-refractivity contribution in [3.8, 4) is 11.5 Å². The van der Waals surface area contributed by atoms with E-state index in [1.165, 1.54) is 19.2 Å². The number of ketones is 1. The second-order valence-electron chi connectivity index (χ2n) is 6.78. The lowest BCUT2D eigenvalue weighted by molar-refractivity contribution is -0.385.